The number of fused-ring (bicyclic) bond motifs is 1. The Balaban J connectivity index is 1.55. The number of H-pyrrole nitrogens is 1. The Morgan fingerprint density at radius 3 is 2.96 bits per heavy atom. The average Bonchev–Trinajstić information content (AvgIpc) is 3.30. The van der Waals surface area contributed by atoms with E-state index in [1.54, 1.807) is 12.5 Å². The van der Waals surface area contributed by atoms with Crippen LogP contribution in [-0.4, -0.2) is 33.9 Å². The van der Waals surface area contributed by atoms with Crippen molar-refractivity contribution in [1.29, 1.82) is 0 Å². The highest BCUT2D eigenvalue weighted by Crippen LogP contribution is 2.31. The third-order valence-corrected chi connectivity index (χ3v) is 5.65. The zero-order valence-corrected chi connectivity index (χ0v) is 15.6. The predicted octanol–water partition coefficient (Wildman–Crippen LogP) is 4.03. The lowest BCUT2D eigenvalue weighted by molar-refractivity contribution is -0.131. The van der Waals surface area contributed by atoms with Crippen LogP contribution in [0.15, 0.2) is 29.1 Å². The Morgan fingerprint density at radius 2 is 2.19 bits per heavy atom. The second-order valence-electron chi connectivity index (χ2n) is 7.43. The first-order chi connectivity index (χ1) is 12.5. The van der Waals surface area contributed by atoms with Gasteiger partial charge in [0.25, 0.3) is 0 Å². The van der Waals surface area contributed by atoms with Crippen LogP contribution in [0.5, 0.6) is 0 Å². The lowest BCUT2D eigenvalue weighted by Gasteiger charge is -2.32. The number of aromatic amines is 1. The SMILES string of the molecule is Cc1cc(C)c2c(CC(=O)N3CCC[C@H](c4ncc[nH]4)C3)coc2c1C. The minimum atomic E-state index is 0.168. The molecule has 1 N–H and O–H groups in total. The average molecular weight is 351 g/mol. The highest BCUT2D eigenvalue weighted by molar-refractivity contribution is 5.92. The van der Waals surface area contributed by atoms with Gasteiger partial charge in [0.05, 0.1) is 12.7 Å². The van der Waals surface area contributed by atoms with E-state index in [2.05, 4.69) is 36.8 Å². The van der Waals surface area contributed by atoms with Crippen LogP contribution in [0.3, 0.4) is 0 Å². The number of rotatable bonds is 3. The van der Waals surface area contributed by atoms with Gasteiger partial charge in [-0.2, -0.15) is 0 Å². The fraction of sp³-hybridized carbons (Fsp3) is 0.429. The second-order valence-corrected chi connectivity index (χ2v) is 7.43. The highest BCUT2D eigenvalue weighted by atomic mass is 16.3. The zero-order valence-electron chi connectivity index (χ0n) is 15.6. The molecule has 2 aromatic heterocycles. The molecule has 1 aromatic carbocycles. The Kier molecular flexibility index (Phi) is 4.31. The van der Waals surface area contributed by atoms with E-state index in [0.717, 1.165) is 53.9 Å². The van der Waals surface area contributed by atoms with Crippen LogP contribution in [0.2, 0.25) is 0 Å². The maximum absolute atomic E-state index is 12.9. The molecule has 0 unspecified atom stereocenters. The number of hydrogen-bond acceptors (Lipinski definition) is 3. The number of nitrogens with zero attached hydrogens (tertiary/aromatic N) is 2. The van der Waals surface area contributed by atoms with E-state index in [1.165, 1.54) is 11.1 Å². The van der Waals surface area contributed by atoms with Crippen molar-refractivity contribution in [2.45, 2.75) is 46.0 Å². The zero-order chi connectivity index (χ0) is 18.3. The van der Waals surface area contributed by atoms with Gasteiger partial charge in [-0.15, -0.1) is 0 Å². The van der Waals surface area contributed by atoms with Crippen molar-refractivity contribution in [1.82, 2.24) is 14.9 Å². The number of nitrogens with one attached hydrogen (secondary N) is 1. The van der Waals surface area contributed by atoms with Crippen molar-refractivity contribution in [2.75, 3.05) is 13.1 Å². The summed E-state index contributed by atoms with van der Waals surface area (Å²) in [6, 6.07) is 2.18. The van der Waals surface area contributed by atoms with Crippen LogP contribution in [-0.2, 0) is 11.2 Å². The summed E-state index contributed by atoms with van der Waals surface area (Å²) in [5, 5.41) is 1.10. The number of benzene rings is 1. The van der Waals surface area contributed by atoms with Gasteiger partial charge >= 0.3 is 0 Å². The number of hydrogen-bond donors (Lipinski definition) is 1. The van der Waals surface area contributed by atoms with Crippen molar-refractivity contribution in [3.63, 3.8) is 0 Å². The molecule has 3 heterocycles. The molecule has 26 heavy (non-hydrogen) atoms. The summed E-state index contributed by atoms with van der Waals surface area (Å²) < 4.78 is 5.82. The Bertz CT molecular complexity index is 940. The van der Waals surface area contributed by atoms with E-state index in [-0.39, 0.29) is 5.91 Å². The first-order valence-electron chi connectivity index (χ1n) is 9.28. The summed E-state index contributed by atoms with van der Waals surface area (Å²) in [6.45, 7) is 7.82. The van der Waals surface area contributed by atoms with Gasteiger partial charge in [-0.05, 0) is 50.3 Å². The number of carbonyl (C=O) groups excluding carboxylic acids is 1. The molecule has 5 heteroatoms. The number of amides is 1. The molecule has 0 bridgehead atoms. The maximum Gasteiger partial charge on any atom is 0.227 e. The van der Waals surface area contributed by atoms with E-state index < -0.39 is 0 Å². The van der Waals surface area contributed by atoms with Gasteiger partial charge in [-0.3, -0.25) is 4.79 Å². The van der Waals surface area contributed by atoms with E-state index in [0.29, 0.717) is 12.3 Å². The first kappa shape index (κ1) is 16.9. The van der Waals surface area contributed by atoms with E-state index in [1.807, 2.05) is 11.1 Å². The smallest absolute Gasteiger partial charge is 0.227 e. The van der Waals surface area contributed by atoms with Crippen LogP contribution in [0.4, 0.5) is 0 Å². The molecule has 1 saturated heterocycles. The van der Waals surface area contributed by atoms with Crippen LogP contribution in [0, 0.1) is 20.8 Å². The minimum absolute atomic E-state index is 0.168. The second kappa shape index (κ2) is 6.63. The predicted molar refractivity (Wildman–Crippen MR) is 101 cm³/mol. The van der Waals surface area contributed by atoms with Gasteiger partial charge in [0.2, 0.25) is 5.91 Å². The van der Waals surface area contributed by atoms with Crippen molar-refractivity contribution >= 4 is 16.9 Å². The Labute approximate surface area is 153 Å². The lowest BCUT2D eigenvalue weighted by Crippen LogP contribution is -2.40. The largest absolute Gasteiger partial charge is 0.464 e. The number of imidazole rings is 1. The molecule has 1 atom stereocenters. The standard InChI is InChI=1S/C21H25N3O2/c1-13-9-14(2)19-17(12-26-20(19)15(13)3)10-18(25)24-8-4-5-16(11-24)21-22-6-7-23-21/h6-7,9,12,16H,4-5,8,10-11H2,1-3H3,(H,22,23)/t16-/m0/s1. The molecule has 0 saturated carbocycles. The summed E-state index contributed by atoms with van der Waals surface area (Å²) in [7, 11) is 0. The molecule has 1 fully saturated rings. The van der Waals surface area contributed by atoms with E-state index in [9.17, 15) is 4.79 Å². The summed E-state index contributed by atoms with van der Waals surface area (Å²) >= 11 is 0. The molecular weight excluding hydrogens is 326 g/mol. The van der Waals surface area contributed by atoms with Crippen molar-refractivity contribution in [3.8, 4) is 0 Å². The Hall–Kier alpha value is -2.56. The maximum atomic E-state index is 12.9. The normalized spacial score (nSPS) is 17.8. The van der Waals surface area contributed by atoms with Gasteiger partial charge in [0.15, 0.2) is 0 Å². The number of carbonyl (C=O) groups is 1. The molecule has 3 aromatic rings. The van der Waals surface area contributed by atoms with E-state index >= 15 is 0 Å². The van der Waals surface area contributed by atoms with Crippen LogP contribution in [0.25, 0.3) is 11.0 Å². The summed E-state index contributed by atoms with van der Waals surface area (Å²) in [6.07, 6.45) is 7.86. The van der Waals surface area contributed by atoms with Crippen molar-refractivity contribution in [3.05, 3.63) is 52.8 Å². The topological polar surface area (TPSA) is 62.1 Å². The van der Waals surface area contributed by atoms with Crippen molar-refractivity contribution in [2.24, 2.45) is 0 Å². The van der Waals surface area contributed by atoms with Crippen LogP contribution < -0.4 is 0 Å². The Morgan fingerprint density at radius 1 is 1.35 bits per heavy atom. The quantitative estimate of drug-likeness (QED) is 0.775. The van der Waals surface area contributed by atoms with Gasteiger partial charge in [-0.1, -0.05) is 6.07 Å². The fourth-order valence-electron chi connectivity index (χ4n) is 4.12. The van der Waals surface area contributed by atoms with Gasteiger partial charge in [0.1, 0.15) is 11.4 Å². The minimum Gasteiger partial charge on any atom is -0.464 e. The van der Waals surface area contributed by atoms with Gasteiger partial charge < -0.3 is 14.3 Å². The molecule has 1 aliphatic rings. The summed E-state index contributed by atoms with van der Waals surface area (Å²) in [5.41, 5.74) is 5.45. The number of aromatic nitrogens is 2. The highest BCUT2D eigenvalue weighted by Gasteiger charge is 2.27. The number of furan rings is 1. The molecule has 0 aliphatic carbocycles. The molecule has 136 valence electrons. The van der Waals surface area contributed by atoms with Crippen molar-refractivity contribution < 1.29 is 9.21 Å². The van der Waals surface area contributed by atoms with Gasteiger partial charge in [-0.25, -0.2) is 4.98 Å². The summed E-state index contributed by atoms with van der Waals surface area (Å²) in [4.78, 5) is 22.5. The molecule has 5 nitrogen and oxygen atoms in total. The number of likely N-dealkylation sites (tertiary alicyclic amines) is 1. The molecular formula is C21H25N3O2. The lowest BCUT2D eigenvalue weighted by atomic mass is 9.96. The molecule has 0 radical (unpaired) electrons. The molecule has 1 aliphatic heterocycles. The number of piperidine rings is 1. The van der Waals surface area contributed by atoms with Gasteiger partial charge in [0, 0.05) is 42.4 Å². The van der Waals surface area contributed by atoms with Crippen LogP contribution in [0.1, 0.15) is 46.8 Å². The first-order valence-corrected chi connectivity index (χ1v) is 9.28. The molecule has 0 spiro atoms. The van der Waals surface area contributed by atoms with E-state index in [4.69, 9.17) is 4.42 Å². The third kappa shape index (κ3) is 2.91. The number of aryl methyl sites for hydroxylation is 3. The fourth-order valence-corrected chi connectivity index (χ4v) is 4.12. The molecule has 1 amide bonds. The summed E-state index contributed by atoms with van der Waals surface area (Å²) in [5.74, 6) is 1.45. The monoisotopic (exact) mass is 351 g/mol. The van der Waals surface area contributed by atoms with Crippen LogP contribution >= 0.6 is 0 Å². The third-order valence-electron chi connectivity index (χ3n) is 5.65. The molecule has 4 rings (SSSR count).